The minimum Gasteiger partial charge on any atom is -0.380 e. The van der Waals surface area contributed by atoms with Crippen LogP contribution in [0.4, 0.5) is 11.4 Å². The summed E-state index contributed by atoms with van der Waals surface area (Å²) in [4.78, 5) is 7.90. The first-order chi connectivity index (χ1) is 15.7. The van der Waals surface area contributed by atoms with Crippen molar-refractivity contribution in [2.75, 3.05) is 62.7 Å². The van der Waals surface area contributed by atoms with Crippen molar-refractivity contribution >= 4 is 23.8 Å². The zero-order chi connectivity index (χ0) is 23.6. The van der Waals surface area contributed by atoms with E-state index < -0.39 is 0 Å². The van der Waals surface area contributed by atoms with Crippen molar-refractivity contribution in [1.82, 2.24) is 4.90 Å². The molecule has 2 heterocycles. The van der Waals surface area contributed by atoms with Crippen LogP contribution in [0.15, 0.2) is 18.2 Å². The number of nitrogens with zero attached hydrogens (tertiary/aromatic N) is 3. The number of halogens is 1. The zero-order valence-electron chi connectivity index (χ0n) is 22.7. The summed E-state index contributed by atoms with van der Waals surface area (Å²) in [6.45, 7) is 20.3. The molecule has 0 unspecified atom stereocenters. The molecule has 1 aromatic carbocycles. The van der Waals surface area contributed by atoms with Crippen molar-refractivity contribution in [2.45, 2.75) is 85.2 Å². The number of ether oxygens (including phenoxy) is 1. The Labute approximate surface area is 215 Å². The van der Waals surface area contributed by atoms with E-state index in [0.29, 0.717) is 22.9 Å². The molecule has 1 aliphatic carbocycles. The SMILES string of the molecule is CCCCN1CCN(c2ccc(N3CC[C@@H](OC)C3)cc2C2CC(C)(C)CC(C)(C)C2)CC1.Cl. The second-order valence-electron chi connectivity index (χ2n) is 12.6. The lowest BCUT2D eigenvalue weighted by Crippen LogP contribution is -2.47. The van der Waals surface area contributed by atoms with Crippen LogP contribution < -0.4 is 9.80 Å². The second kappa shape index (κ2) is 11.4. The summed E-state index contributed by atoms with van der Waals surface area (Å²) in [5, 5.41) is 0. The first-order valence-corrected chi connectivity index (χ1v) is 13.6. The maximum Gasteiger partial charge on any atom is 0.0762 e. The summed E-state index contributed by atoms with van der Waals surface area (Å²) in [5.41, 5.74) is 5.31. The number of benzene rings is 1. The van der Waals surface area contributed by atoms with Gasteiger partial charge in [0.2, 0.25) is 0 Å². The van der Waals surface area contributed by atoms with Gasteiger partial charge < -0.3 is 14.5 Å². The van der Waals surface area contributed by atoms with Gasteiger partial charge in [0.15, 0.2) is 0 Å². The van der Waals surface area contributed by atoms with Crippen molar-refractivity contribution in [3.05, 3.63) is 23.8 Å². The van der Waals surface area contributed by atoms with Gasteiger partial charge in [-0.15, -0.1) is 12.4 Å². The number of anilines is 2. The third kappa shape index (κ3) is 6.62. The molecule has 1 aromatic rings. The van der Waals surface area contributed by atoms with Gasteiger partial charge in [-0.25, -0.2) is 0 Å². The molecular weight excluding hydrogens is 442 g/mol. The molecule has 4 rings (SSSR count). The fourth-order valence-corrected chi connectivity index (χ4v) is 7.17. The van der Waals surface area contributed by atoms with Gasteiger partial charge in [0.1, 0.15) is 0 Å². The van der Waals surface area contributed by atoms with E-state index in [9.17, 15) is 0 Å². The van der Waals surface area contributed by atoms with Crippen LogP contribution in [-0.4, -0.2) is 63.9 Å². The van der Waals surface area contributed by atoms with E-state index in [1.54, 1.807) is 5.56 Å². The Morgan fingerprint density at radius 1 is 0.941 bits per heavy atom. The number of hydrogen-bond donors (Lipinski definition) is 0. The highest BCUT2D eigenvalue weighted by Crippen LogP contribution is 2.53. The quantitative estimate of drug-likeness (QED) is 0.429. The van der Waals surface area contributed by atoms with E-state index in [-0.39, 0.29) is 12.4 Å². The van der Waals surface area contributed by atoms with Gasteiger partial charge in [-0.1, -0.05) is 41.0 Å². The minimum atomic E-state index is 0. The summed E-state index contributed by atoms with van der Waals surface area (Å²) < 4.78 is 5.67. The van der Waals surface area contributed by atoms with Crippen LogP contribution in [-0.2, 0) is 4.74 Å². The number of unbranched alkanes of at least 4 members (excludes halogenated alkanes) is 1. The van der Waals surface area contributed by atoms with Crippen LogP contribution in [0.5, 0.6) is 0 Å². The topological polar surface area (TPSA) is 19.0 Å². The normalized spacial score (nSPS) is 25.4. The average Bonchev–Trinajstić information content (AvgIpc) is 3.25. The summed E-state index contributed by atoms with van der Waals surface area (Å²) in [6.07, 6.45) is 8.04. The third-order valence-electron chi connectivity index (χ3n) is 8.39. The molecule has 0 aromatic heterocycles. The monoisotopic (exact) mass is 491 g/mol. The van der Waals surface area contributed by atoms with Crippen LogP contribution in [0.3, 0.4) is 0 Å². The van der Waals surface area contributed by atoms with Gasteiger partial charge in [-0.05, 0) is 79.2 Å². The second-order valence-corrected chi connectivity index (χ2v) is 12.6. The molecule has 0 bridgehead atoms. The highest BCUT2D eigenvalue weighted by Gasteiger charge is 2.40. The summed E-state index contributed by atoms with van der Waals surface area (Å²) in [7, 11) is 1.86. The molecule has 0 N–H and O–H groups in total. The van der Waals surface area contributed by atoms with E-state index in [2.05, 4.69) is 67.5 Å². The minimum absolute atomic E-state index is 0. The van der Waals surface area contributed by atoms with Gasteiger partial charge in [0.05, 0.1) is 6.10 Å². The van der Waals surface area contributed by atoms with Gasteiger partial charge >= 0.3 is 0 Å². The number of rotatable bonds is 7. The van der Waals surface area contributed by atoms with E-state index in [1.807, 2.05) is 7.11 Å². The molecule has 3 aliphatic rings. The summed E-state index contributed by atoms with van der Waals surface area (Å²) in [6, 6.07) is 7.42. The van der Waals surface area contributed by atoms with E-state index in [0.717, 1.165) is 32.6 Å². The Morgan fingerprint density at radius 2 is 1.62 bits per heavy atom. The molecule has 4 nitrogen and oxygen atoms in total. The van der Waals surface area contributed by atoms with E-state index in [1.165, 1.54) is 63.1 Å². The number of methoxy groups -OCH3 is 1. The van der Waals surface area contributed by atoms with Crippen LogP contribution in [0.2, 0.25) is 0 Å². The first kappa shape index (κ1) is 27.6. The molecule has 194 valence electrons. The molecule has 3 fully saturated rings. The van der Waals surface area contributed by atoms with Gasteiger partial charge in [0, 0.05) is 57.8 Å². The third-order valence-corrected chi connectivity index (χ3v) is 8.39. The lowest BCUT2D eigenvalue weighted by atomic mass is 9.60. The highest BCUT2D eigenvalue weighted by atomic mass is 35.5. The average molecular weight is 492 g/mol. The van der Waals surface area contributed by atoms with Crippen molar-refractivity contribution in [1.29, 1.82) is 0 Å². The maximum atomic E-state index is 5.67. The Balaban J connectivity index is 0.00000324. The van der Waals surface area contributed by atoms with Gasteiger partial charge in [-0.2, -0.15) is 0 Å². The smallest absolute Gasteiger partial charge is 0.0762 e. The molecular formula is C29H50ClN3O. The van der Waals surface area contributed by atoms with Crippen LogP contribution in [0, 0.1) is 10.8 Å². The zero-order valence-corrected chi connectivity index (χ0v) is 23.6. The molecule has 0 radical (unpaired) electrons. The maximum absolute atomic E-state index is 5.67. The van der Waals surface area contributed by atoms with Crippen molar-refractivity contribution < 1.29 is 4.74 Å². The van der Waals surface area contributed by atoms with Crippen molar-refractivity contribution in [3.8, 4) is 0 Å². The Hall–Kier alpha value is -0.970. The Bertz CT molecular complexity index is 772. The van der Waals surface area contributed by atoms with Crippen LogP contribution >= 0.6 is 12.4 Å². The predicted molar refractivity (Wildman–Crippen MR) is 149 cm³/mol. The molecule has 0 amide bonds. The predicted octanol–water partition coefficient (Wildman–Crippen LogP) is 6.58. The van der Waals surface area contributed by atoms with Crippen LogP contribution in [0.1, 0.15) is 84.6 Å². The molecule has 5 heteroatoms. The molecule has 2 aliphatic heterocycles. The number of piperazine rings is 1. The first-order valence-electron chi connectivity index (χ1n) is 13.6. The van der Waals surface area contributed by atoms with E-state index >= 15 is 0 Å². The molecule has 1 saturated carbocycles. The Kier molecular flexibility index (Phi) is 9.25. The summed E-state index contributed by atoms with van der Waals surface area (Å²) in [5.74, 6) is 0.637. The molecule has 0 spiro atoms. The lowest BCUT2D eigenvalue weighted by Gasteiger charge is -2.46. The fraction of sp³-hybridized carbons (Fsp3) is 0.793. The van der Waals surface area contributed by atoms with Crippen molar-refractivity contribution in [3.63, 3.8) is 0 Å². The Morgan fingerprint density at radius 3 is 2.21 bits per heavy atom. The molecule has 1 atom stereocenters. The lowest BCUT2D eigenvalue weighted by molar-refractivity contribution is 0.0970. The summed E-state index contributed by atoms with van der Waals surface area (Å²) >= 11 is 0. The van der Waals surface area contributed by atoms with Gasteiger partial charge in [0.25, 0.3) is 0 Å². The number of hydrogen-bond acceptors (Lipinski definition) is 4. The van der Waals surface area contributed by atoms with Crippen LogP contribution in [0.25, 0.3) is 0 Å². The fourth-order valence-electron chi connectivity index (χ4n) is 7.17. The molecule has 34 heavy (non-hydrogen) atoms. The highest BCUT2D eigenvalue weighted by molar-refractivity contribution is 5.85. The standard InChI is InChI=1S/C29H49N3O.ClH/c1-7-8-12-30-14-16-31(17-15-30)27-10-9-24(32-13-11-25(21-32)33-6)18-26(27)23-19-28(2,3)22-29(4,5)20-23;/h9-10,18,23,25H,7-8,11-17,19-22H2,1-6H3;1H/t25-;/m1./s1. The largest absolute Gasteiger partial charge is 0.380 e. The van der Waals surface area contributed by atoms with Gasteiger partial charge in [-0.3, -0.25) is 4.90 Å². The van der Waals surface area contributed by atoms with Crippen molar-refractivity contribution in [2.24, 2.45) is 10.8 Å². The van der Waals surface area contributed by atoms with E-state index in [4.69, 9.17) is 4.74 Å². The molecule has 2 saturated heterocycles.